The topological polar surface area (TPSA) is 29.5 Å². The van der Waals surface area contributed by atoms with Crippen molar-refractivity contribution in [3.8, 4) is 0 Å². The SMILES string of the molecule is C=C/C=C\[C@@]1(O)CC[C@]1(C)CO[Si](c1ccccc1)(c1ccccc1)C(C)(C)C. The minimum absolute atomic E-state index is 0.0646. The molecule has 2 atom stereocenters. The van der Waals surface area contributed by atoms with Gasteiger partial charge in [0.15, 0.2) is 0 Å². The van der Waals surface area contributed by atoms with Gasteiger partial charge in [-0.1, -0.05) is 113 Å². The molecule has 1 aliphatic rings. The summed E-state index contributed by atoms with van der Waals surface area (Å²) in [4.78, 5) is 0. The molecule has 0 bridgehead atoms. The second-order valence-corrected chi connectivity index (χ2v) is 13.8. The van der Waals surface area contributed by atoms with Crippen molar-refractivity contribution < 1.29 is 9.53 Å². The van der Waals surface area contributed by atoms with Crippen molar-refractivity contribution in [2.45, 2.75) is 51.2 Å². The van der Waals surface area contributed by atoms with E-state index in [1.54, 1.807) is 6.08 Å². The van der Waals surface area contributed by atoms with Crippen molar-refractivity contribution in [2.75, 3.05) is 6.61 Å². The third-order valence-corrected chi connectivity index (χ3v) is 11.6. The van der Waals surface area contributed by atoms with Crippen molar-refractivity contribution in [1.29, 1.82) is 0 Å². The van der Waals surface area contributed by atoms with E-state index in [1.807, 2.05) is 12.2 Å². The van der Waals surface area contributed by atoms with Gasteiger partial charge in [-0.15, -0.1) is 0 Å². The van der Waals surface area contributed by atoms with Crippen molar-refractivity contribution in [1.82, 2.24) is 0 Å². The van der Waals surface area contributed by atoms with Crippen LogP contribution in [0.3, 0.4) is 0 Å². The number of benzene rings is 2. The molecule has 0 aromatic heterocycles. The van der Waals surface area contributed by atoms with Crippen LogP contribution in [0.1, 0.15) is 40.5 Å². The van der Waals surface area contributed by atoms with Gasteiger partial charge in [0, 0.05) is 12.0 Å². The number of rotatable bonds is 7. The van der Waals surface area contributed by atoms with Crippen LogP contribution in [0.25, 0.3) is 0 Å². The van der Waals surface area contributed by atoms with Crippen molar-refractivity contribution >= 4 is 18.7 Å². The molecule has 1 fully saturated rings. The molecular formula is C26H34O2Si. The van der Waals surface area contributed by atoms with Crippen LogP contribution in [-0.4, -0.2) is 25.6 Å². The molecule has 2 aromatic carbocycles. The fourth-order valence-electron chi connectivity index (χ4n) is 4.55. The van der Waals surface area contributed by atoms with E-state index in [-0.39, 0.29) is 10.5 Å². The van der Waals surface area contributed by atoms with Crippen LogP contribution in [0.2, 0.25) is 5.04 Å². The largest absolute Gasteiger partial charge is 0.407 e. The van der Waals surface area contributed by atoms with Gasteiger partial charge in [-0.05, 0) is 28.3 Å². The van der Waals surface area contributed by atoms with Crippen LogP contribution in [0.15, 0.2) is 85.5 Å². The third kappa shape index (κ3) is 3.79. The highest BCUT2D eigenvalue weighted by molar-refractivity contribution is 6.99. The van der Waals surface area contributed by atoms with Crippen molar-refractivity contribution in [2.24, 2.45) is 5.41 Å². The number of aliphatic hydroxyl groups is 1. The average Bonchev–Trinajstić information content (AvgIpc) is 2.72. The molecule has 154 valence electrons. The Labute approximate surface area is 177 Å². The summed E-state index contributed by atoms with van der Waals surface area (Å²) in [6.45, 7) is 13.3. The van der Waals surface area contributed by atoms with Crippen molar-refractivity contribution in [3.63, 3.8) is 0 Å². The zero-order chi connectivity index (χ0) is 21.2. The van der Waals surface area contributed by atoms with E-state index in [0.29, 0.717) is 6.61 Å². The molecule has 0 amide bonds. The first-order valence-corrected chi connectivity index (χ1v) is 12.4. The van der Waals surface area contributed by atoms with E-state index < -0.39 is 13.9 Å². The monoisotopic (exact) mass is 406 g/mol. The molecule has 1 saturated carbocycles. The summed E-state index contributed by atoms with van der Waals surface area (Å²) in [7, 11) is -2.59. The Morgan fingerprint density at radius 2 is 1.52 bits per heavy atom. The summed E-state index contributed by atoms with van der Waals surface area (Å²) in [6, 6.07) is 21.3. The molecule has 0 aliphatic heterocycles. The fraction of sp³-hybridized carbons (Fsp3) is 0.385. The second kappa shape index (κ2) is 8.06. The Kier molecular flexibility index (Phi) is 6.05. The van der Waals surface area contributed by atoms with E-state index in [2.05, 4.69) is 94.9 Å². The maximum atomic E-state index is 11.2. The summed E-state index contributed by atoms with van der Waals surface area (Å²) in [5, 5.41) is 13.7. The zero-order valence-corrected chi connectivity index (χ0v) is 19.2. The second-order valence-electron chi connectivity index (χ2n) is 9.53. The highest BCUT2D eigenvalue weighted by Gasteiger charge is 2.57. The molecule has 3 rings (SSSR count). The molecule has 2 aromatic rings. The summed E-state index contributed by atoms with van der Waals surface area (Å²) in [6.07, 6.45) is 7.17. The van der Waals surface area contributed by atoms with Crippen LogP contribution in [0.5, 0.6) is 0 Å². The lowest BCUT2D eigenvalue weighted by Crippen LogP contribution is -2.68. The Hall–Kier alpha value is -1.94. The maximum absolute atomic E-state index is 11.2. The summed E-state index contributed by atoms with van der Waals surface area (Å²) >= 11 is 0. The normalized spacial score (nSPS) is 25.0. The molecule has 0 unspecified atom stereocenters. The molecule has 0 saturated heterocycles. The predicted molar refractivity (Wildman–Crippen MR) is 125 cm³/mol. The van der Waals surface area contributed by atoms with E-state index in [4.69, 9.17) is 4.43 Å². The first-order valence-electron chi connectivity index (χ1n) is 10.5. The fourth-order valence-corrected chi connectivity index (χ4v) is 9.24. The Balaban J connectivity index is 2.05. The first-order chi connectivity index (χ1) is 13.7. The molecule has 29 heavy (non-hydrogen) atoms. The van der Waals surface area contributed by atoms with Crippen LogP contribution in [0.4, 0.5) is 0 Å². The highest BCUT2D eigenvalue weighted by Crippen LogP contribution is 2.52. The van der Waals surface area contributed by atoms with Gasteiger partial charge in [0.05, 0.1) is 5.60 Å². The lowest BCUT2D eigenvalue weighted by Gasteiger charge is -2.55. The van der Waals surface area contributed by atoms with E-state index in [9.17, 15) is 5.11 Å². The van der Waals surface area contributed by atoms with E-state index in [0.717, 1.165) is 12.8 Å². The van der Waals surface area contributed by atoms with Crippen LogP contribution in [-0.2, 0) is 4.43 Å². The summed E-state index contributed by atoms with van der Waals surface area (Å²) < 4.78 is 7.07. The van der Waals surface area contributed by atoms with Gasteiger partial charge in [-0.25, -0.2) is 0 Å². The van der Waals surface area contributed by atoms with Gasteiger partial charge in [0.25, 0.3) is 8.32 Å². The molecule has 2 nitrogen and oxygen atoms in total. The van der Waals surface area contributed by atoms with Gasteiger partial charge < -0.3 is 9.53 Å². The smallest absolute Gasteiger partial charge is 0.261 e. The third-order valence-electron chi connectivity index (χ3n) is 6.64. The number of allylic oxidation sites excluding steroid dienone is 2. The molecule has 0 heterocycles. The first kappa shape index (κ1) is 21.8. The van der Waals surface area contributed by atoms with Crippen LogP contribution >= 0.6 is 0 Å². The maximum Gasteiger partial charge on any atom is 0.261 e. The van der Waals surface area contributed by atoms with Gasteiger partial charge in [0.1, 0.15) is 0 Å². The molecule has 0 radical (unpaired) electrons. The lowest BCUT2D eigenvalue weighted by molar-refractivity contribution is -0.139. The van der Waals surface area contributed by atoms with Crippen LogP contribution in [0, 0.1) is 5.41 Å². The molecule has 1 N–H and O–H groups in total. The molecule has 0 spiro atoms. The summed E-state index contributed by atoms with van der Waals surface area (Å²) in [5.74, 6) is 0. The lowest BCUT2D eigenvalue weighted by atomic mass is 9.58. The van der Waals surface area contributed by atoms with Gasteiger partial charge in [0.2, 0.25) is 0 Å². The van der Waals surface area contributed by atoms with Gasteiger partial charge >= 0.3 is 0 Å². The van der Waals surface area contributed by atoms with Gasteiger partial charge in [-0.2, -0.15) is 0 Å². The quantitative estimate of drug-likeness (QED) is 0.527. The standard InChI is InChI=1S/C26H34O2Si/c1-6-7-18-26(27)20-19-25(26,5)21-28-29(24(2,3)4,22-14-10-8-11-15-22)23-16-12-9-13-17-23/h6-18,27H,1,19-21H2,2-5H3/b18-7-/t25-,26-/m1/s1. The Morgan fingerprint density at radius 3 is 1.90 bits per heavy atom. The highest BCUT2D eigenvalue weighted by atomic mass is 28.4. The number of hydrogen-bond donors (Lipinski definition) is 1. The number of hydrogen-bond acceptors (Lipinski definition) is 2. The minimum Gasteiger partial charge on any atom is -0.407 e. The van der Waals surface area contributed by atoms with Crippen LogP contribution < -0.4 is 10.4 Å². The zero-order valence-electron chi connectivity index (χ0n) is 18.2. The molecular weight excluding hydrogens is 372 g/mol. The van der Waals surface area contributed by atoms with Crippen molar-refractivity contribution in [3.05, 3.63) is 85.5 Å². The Bertz CT molecular complexity index is 814. The molecule has 1 aliphatic carbocycles. The minimum atomic E-state index is -2.59. The Morgan fingerprint density at radius 1 is 1.00 bits per heavy atom. The van der Waals surface area contributed by atoms with E-state index in [1.165, 1.54) is 10.4 Å². The molecule has 3 heteroatoms. The van der Waals surface area contributed by atoms with E-state index >= 15 is 0 Å². The summed E-state index contributed by atoms with van der Waals surface area (Å²) in [5.41, 5.74) is -1.15. The predicted octanol–water partition coefficient (Wildman–Crippen LogP) is 4.84. The average molecular weight is 407 g/mol. The van der Waals surface area contributed by atoms with Gasteiger partial charge in [-0.3, -0.25) is 0 Å².